The summed E-state index contributed by atoms with van der Waals surface area (Å²) in [6, 6.07) is 7.73. The lowest BCUT2D eigenvalue weighted by molar-refractivity contribution is 0.414. The topological polar surface area (TPSA) is 61.3 Å². The van der Waals surface area contributed by atoms with Gasteiger partial charge < -0.3 is 16.2 Å². The number of benzene rings is 1. The Morgan fingerprint density at radius 1 is 1.19 bits per heavy atom. The molecule has 1 rings (SSSR count). The molecule has 0 spiro atoms. The summed E-state index contributed by atoms with van der Waals surface area (Å²) in [6.07, 6.45) is 3.58. The Morgan fingerprint density at radius 3 is 2.31 bits per heavy atom. The van der Waals surface area contributed by atoms with Crippen molar-refractivity contribution in [3.05, 3.63) is 47.1 Å². The van der Waals surface area contributed by atoms with Gasteiger partial charge in [0.15, 0.2) is 0 Å². The second-order valence-electron chi connectivity index (χ2n) is 3.26. The molecule has 0 aliphatic rings. The van der Waals surface area contributed by atoms with Gasteiger partial charge in [-0.25, -0.2) is 0 Å². The number of nitrogens with two attached hydrogens (primary N) is 2. The van der Waals surface area contributed by atoms with Gasteiger partial charge in [0.25, 0.3) is 0 Å². The molecule has 0 aliphatic heterocycles. The molecule has 4 N–H and O–H groups in total. The first-order chi connectivity index (χ1) is 7.61. The van der Waals surface area contributed by atoms with Crippen LogP contribution in [0.25, 0.3) is 0 Å². The van der Waals surface area contributed by atoms with Crippen molar-refractivity contribution in [2.24, 2.45) is 11.5 Å². The van der Waals surface area contributed by atoms with Gasteiger partial charge in [-0.15, -0.1) is 0 Å². The maximum absolute atomic E-state index is 5.82. The average molecular weight is 236 g/mol. The van der Waals surface area contributed by atoms with Crippen LogP contribution in [0.5, 0.6) is 5.75 Å². The molecule has 1 aromatic carbocycles. The zero-order chi connectivity index (χ0) is 12.0. The molecule has 0 unspecified atom stereocenters. The van der Waals surface area contributed by atoms with Crippen LogP contribution < -0.4 is 16.2 Å². The van der Waals surface area contributed by atoms with Crippen LogP contribution in [-0.4, -0.2) is 7.11 Å². The molecule has 0 amide bonds. The Kier molecular flexibility index (Phi) is 4.79. The summed E-state index contributed by atoms with van der Waals surface area (Å²) in [7, 11) is 1.64. The summed E-state index contributed by atoms with van der Waals surface area (Å²) < 4.78 is 5.07. The molecule has 0 fully saturated rings. The van der Waals surface area contributed by atoms with Crippen molar-refractivity contribution in [2.45, 2.75) is 11.8 Å². The highest BCUT2D eigenvalue weighted by atomic mass is 32.2. The normalized spacial score (nSPS) is 12.6. The molecule has 0 heterocycles. The van der Waals surface area contributed by atoms with Crippen LogP contribution in [0, 0.1) is 0 Å². The molecule has 4 heteroatoms. The molecule has 0 saturated heterocycles. The maximum atomic E-state index is 5.82. The molecule has 0 aliphatic carbocycles. The molecule has 16 heavy (non-hydrogen) atoms. The van der Waals surface area contributed by atoms with Crippen molar-refractivity contribution in [3.8, 4) is 5.75 Å². The molecule has 0 saturated carbocycles. The van der Waals surface area contributed by atoms with Crippen LogP contribution in [-0.2, 0) is 0 Å². The van der Waals surface area contributed by atoms with Gasteiger partial charge in [-0.05, 0) is 43.3 Å². The van der Waals surface area contributed by atoms with Gasteiger partial charge in [0.2, 0.25) is 0 Å². The third-order valence-corrected chi connectivity index (χ3v) is 2.69. The van der Waals surface area contributed by atoms with Crippen LogP contribution in [0.4, 0.5) is 0 Å². The van der Waals surface area contributed by atoms with Crippen LogP contribution in [0.3, 0.4) is 0 Å². The Labute approximate surface area is 100 Å². The largest absolute Gasteiger partial charge is 0.497 e. The van der Waals surface area contributed by atoms with E-state index in [4.69, 9.17) is 16.2 Å². The minimum atomic E-state index is 0.704. The van der Waals surface area contributed by atoms with Crippen LogP contribution in [0.2, 0.25) is 0 Å². The van der Waals surface area contributed by atoms with E-state index in [1.807, 2.05) is 31.2 Å². The van der Waals surface area contributed by atoms with Crippen molar-refractivity contribution in [2.75, 3.05) is 7.11 Å². The van der Waals surface area contributed by atoms with Crippen molar-refractivity contribution in [1.82, 2.24) is 0 Å². The van der Waals surface area contributed by atoms with Crippen molar-refractivity contribution in [1.29, 1.82) is 0 Å². The van der Waals surface area contributed by atoms with E-state index in [0.29, 0.717) is 5.03 Å². The fraction of sp³-hybridized carbons (Fsp3) is 0.167. The molecule has 3 nitrogen and oxygen atoms in total. The van der Waals surface area contributed by atoms with Gasteiger partial charge in [-0.2, -0.15) is 0 Å². The van der Waals surface area contributed by atoms with Gasteiger partial charge in [0, 0.05) is 10.6 Å². The second kappa shape index (κ2) is 6.12. The third kappa shape index (κ3) is 4.31. The zero-order valence-electron chi connectivity index (χ0n) is 9.44. The summed E-state index contributed by atoms with van der Waals surface area (Å²) in [5.41, 5.74) is 12.1. The number of allylic oxidation sites excluding steroid dienone is 3. The SMILES string of the molecule is COc1ccc(S/C(N)=C/C=C(/C)N)cc1. The van der Waals surface area contributed by atoms with Gasteiger partial charge in [-0.3, -0.25) is 0 Å². The first kappa shape index (κ1) is 12.5. The number of hydrogen-bond donors (Lipinski definition) is 2. The number of rotatable bonds is 4. The summed E-state index contributed by atoms with van der Waals surface area (Å²) in [6.45, 7) is 1.82. The molecule has 0 aromatic heterocycles. The van der Waals surface area contributed by atoms with Gasteiger partial charge in [0.1, 0.15) is 5.75 Å². The number of methoxy groups -OCH3 is 1. The summed E-state index contributed by atoms with van der Waals surface area (Å²) in [5, 5.41) is 0.704. The maximum Gasteiger partial charge on any atom is 0.118 e. The fourth-order valence-electron chi connectivity index (χ4n) is 1.03. The second-order valence-corrected chi connectivity index (χ2v) is 4.40. The molecule has 0 bridgehead atoms. The number of ether oxygens (including phenoxy) is 1. The molecular weight excluding hydrogens is 220 g/mol. The standard InChI is InChI=1S/C12H16N2OS/c1-9(13)3-8-12(14)16-11-6-4-10(15-2)5-7-11/h3-8H,13-14H2,1-2H3/b9-3-,12-8+. The zero-order valence-corrected chi connectivity index (χ0v) is 10.3. The fourth-order valence-corrected chi connectivity index (χ4v) is 1.71. The monoisotopic (exact) mass is 236 g/mol. The highest BCUT2D eigenvalue weighted by Crippen LogP contribution is 2.25. The Morgan fingerprint density at radius 2 is 1.81 bits per heavy atom. The first-order valence-corrected chi connectivity index (χ1v) is 5.65. The Bertz CT molecular complexity index is 392. The molecule has 86 valence electrons. The summed E-state index contributed by atoms with van der Waals surface area (Å²) in [4.78, 5) is 1.07. The average Bonchev–Trinajstić information content (AvgIpc) is 2.27. The first-order valence-electron chi connectivity index (χ1n) is 4.83. The molecular formula is C12H16N2OS. The van der Waals surface area contributed by atoms with Gasteiger partial charge >= 0.3 is 0 Å². The molecule has 1 aromatic rings. The highest BCUT2D eigenvalue weighted by molar-refractivity contribution is 8.03. The Hall–Kier alpha value is -1.55. The van der Waals surface area contributed by atoms with Gasteiger partial charge in [0.05, 0.1) is 12.1 Å². The predicted molar refractivity (Wildman–Crippen MR) is 69.1 cm³/mol. The van der Waals surface area contributed by atoms with E-state index in [9.17, 15) is 0 Å². The smallest absolute Gasteiger partial charge is 0.118 e. The van der Waals surface area contributed by atoms with Gasteiger partial charge in [-0.1, -0.05) is 11.8 Å². The summed E-state index contributed by atoms with van der Waals surface area (Å²) in [5.74, 6) is 0.838. The van der Waals surface area contributed by atoms with Crippen LogP contribution in [0.1, 0.15) is 6.92 Å². The molecule has 0 atom stereocenters. The van der Waals surface area contributed by atoms with E-state index in [-0.39, 0.29) is 0 Å². The van der Waals surface area contributed by atoms with E-state index in [2.05, 4.69) is 0 Å². The lowest BCUT2D eigenvalue weighted by atomic mass is 10.3. The van der Waals surface area contributed by atoms with E-state index >= 15 is 0 Å². The van der Waals surface area contributed by atoms with E-state index < -0.39 is 0 Å². The predicted octanol–water partition coefficient (Wildman–Crippen LogP) is 2.45. The summed E-state index contributed by atoms with van der Waals surface area (Å²) >= 11 is 1.49. The van der Waals surface area contributed by atoms with E-state index in [1.54, 1.807) is 19.3 Å². The minimum Gasteiger partial charge on any atom is -0.497 e. The third-order valence-electron chi connectivity index (χ3n) is 1.81. The van der Waals surface area contributed by atoms with E-state index in [0.717, 1.165) is 16.3 Å². The number of hydrogen-bond acceptors (Lipinski definition) is 4. The van der Waals surface area contributed by atoms with Crippen LogP contribution in [0.15, 0.2) is 52.0 Å². The lowest BCUT2D eigenvalue weighted by Crippen LogP contribution is -1.93. The number of thioether (sulfide) groups is 1. The minimum absolute atomic E-state index is 0.704. The van der Waals surface area contributed by atoms with Crippen molar-refractivity contribution >= 4 is 11.8 Å². The van der Waals surface area contributed by atoms with Crippen LogP contribution >= 0.6 is 11.8 Å². The van der Waals surface area contributed by atoms with E-state index in [1.165, 1.54) is 11.8 Å². The molecule has 0 radical (unpaired) electrons. The van der Waals surface area contributed by atoms with Crippen molar-refractivity contribution in [3.63, 3.8) is 0 Å². The quantitative estimate of drug-likeness (QED) is 0.622. The van der Waals surface area contributed by atoms with Crippen molar-refractivity contribution < 1.29 is 4.74 Å². The Balaban J connectivity index is 2.66. The highest BCUT2D eigenvalue weighted by Gasteiger charge is 1.96. The lowest BCUT2D eigenvalue weighted by Gasteiger charge is -2.02.